The minimum absolute atomic E-state index is 0.156. The van der Waals surface area contributed by atoms with Gasteiger partial charge in [-0.2, -0.15) is 0 Å². The molecular formula is C21H18ClN5O3S2. The highest BCUT2D eigenvalue weighted by Crippen LogP contribution is 2.26. The Morgan fingerprint density at radius 3 is 2.91 bits per heavy atom. The summed E-state index contributed by atoms with van der Waals surface area (Å²) in [6.07, 6.45) is 3.32. The van der Waals surface area contributed by atoms with Gasteiger partial charge in [-0.1, -0.05) is 29.4 Å². The molecule has 0 bridgehead atoms. The monoisotopic (exact) mass is 487 g/mol. The van der Waals surface area contributed by atoms with E-state index in [0.717, 1.165) is 0 Å². The molecule has 3 heterocycles. The van der Waals surface area contributed by atoms with Gasteiger partial charge in [-0.25, -0.2) is 4.98 Å². The number of furan rings is 1. The van der Waals surface area contributed by atoms with Crippen LogP contribution in [-0.2, 0) is 17.9 Å². The molecule has 4 rings (SSSR count). The van der Waals surface area contributed by atoms with Crippen molar-refractivity contribution in [2.45, 2.75) is 18.3 Å². The minimum Gasteiger partial charge on any atom is -0.486 e. The second-order valence-electron chi connectivity index (χ2n) is 6.39. The first-order valence-corrected chi connectivity index (χ1v) is 11.7. The van der Waals surface area contributed by atoms with Crippen molar-refractivity contribution in [1.82, 2.24) is 19.7 Å². The maximum atomic E-state index is 12.4. The molecule has 1 aromatic carbocycles. The number of carbonyl (C=O) groups excluding carboxylic acids is 1. The number of thioether (sulfide) groups is 1. The number of allylic oxidation sites excluding steroid dienone is 1. The summed E-state index contributed by atoms with van der Waals surface area (Å²) in [5.74, 6) is 1.92. The molecule has 0 atom stereocenters. The van der Waals surface area contributed by atoms with Crippen molar-refractivity contribution in [2.24, 2.45) is 0 Å². The van der Waals surface area contributed by atoms with Crippen LogP contribution in [0.25, 0.3) is 11.5 Å². The van der Waals surface area contributed by atoms with Crippen molar-refractivity contribution in [2.75, 3.05) is 11.1 Å². The molecule has 4 aromatic rings. The third-order valence-electron chi connectivity index (χ3n) is 4.14. The van der Waals surface area contributed by atoms with E-state index in [0.29, 0.717) is 44.9 Å². The van der Waals surface area contributed by atoms with E-state index in [1.165, 1.54) is 23.1 Å². The zero-order chi connectivity index (χ0) is 22.3. The van der Waals surface area contributed by atoms with E-state index in [-0.39, 0.29) is 18.3 Å². The van der Waals surface area contributed by atoms with Crippen LogP contribution >= 0.6 is 34.7 Å². The van der Waals surface area contributed by atoms with E-state index in [1.807, 2.05) is 16.0 Å². The molecule has 164 valence electrons. The van der Waals surface area contributed by atoms with Gasteiger partial charge in [0.2, 0.25) is 5.91 Å². The van der Waals surface area contributed by atoms with Gasteiger partial charge in [0, 0.05) is 16.9 Å². The Morgan fingerprint density at radius 1 is 1.31 bits per heavy atom. The van der Waals surface area contributed by atoms with E-state index in [1.54, 1.807) is 42.7 Å². The Hall–Kier alpha value is -3.08. The molecule has 1 N–H and O–H groups in total. The Bertz CT molecular complexity index is 1190. The fourth-order valence-electron chi connectivity index (χ4n) is 2.68. The van der Waals surface area contributed by atoms with Crippen LogP contribution in [0.3, 0.4) is 0 Å². The van der Waals surface area contributed by atoms with Gasteiger partial charge >= 0.3 is 0 Å². The molecule has 8 nitrogen and oxygen atoms in total. The van der Waals surface area contributed by atoms with Crippen molar-refractivity contribution in [1.29, 1.82) is 0 Å². The average molecular weight is 488 g/mol. The maximum Gasteiger partial charge on any atom is 0.236 e. The topological polar surface area (TPSA) is 95.1 Å². The molecule has 0 radical (unpaired) electrons. The lowest BCUT2D eigenvalue weighted by Crippen LogP contribution is -2.15. The predicted octanol–water partition coefficient (Wildman–Crippen LogP) is 5.14. The molecule has 0 fully saturated rings. The van der Waals surface area contributed by atoms with E-state index in [9.17, 15) is 4.79 Å². The lowest BCUT2D eigenvalue weighted by molar-refractivity contribution is -0.113. The summed E-state index contributed by atoms with van der Waals surface area (Å²) >= 11 is 8.51. The van der Waals surface area contributed by atoms with Crippen LogP contribution < -0.4 is 10.1 Å². The van der Waals surface area contributed by atoms with Crippen molar-refractivity contribution in [3.05, 3.63) is 71.5 Å². The average Bonchev–Trinajstić information content (AvgIpc) is 3.54. The number of carbonyl (C=O) groups is 1. The lowest BCUT2D eigenvalue weighted by atomic mass is 10.3. The van der Waals surface area contributed by atoms with Gasteiger partial charge in [0.15, 0.2) is 21.9 Å². The second kappa shape index (κ2) is 10.5. The number of amides is 1. The smallest absolute Gasteiger partial charge is 0.236 e. The fraction of sp³-hybridized carbons (Fsp3) is 0.143. The van der Waals surface area contributed by atoms with Crippen LogP contribution in [0.1, 0.15) is 5.82 Å². The lowest BCUT2D eigenvalue weighted by Gasteiger charge is -2.09. The molecule has 3 aromatic heterocycles. The summed E-state index contributed by atoms with van der Waals surface area (Å²) in [5, 5.41) is 14.8. The van der Waals surface area contributed by atoms with Crippen molar-refractivity contribution >= 4 is 45.7 Å². The molecule has 0 aliphatic carbocycles. The first kappa shape index (κ1) is 22.1. The number of nitrogens with zero attached hydrogens (tertiary/aromatic N) is 4. The van der Waals surface area contributed by atoms with Crippen LogP contribution in [0, 0.1) is 0 Å². The number of aromatic nitrogens is 4. The van der Waals surface area contributed by atoms with Crippen LogP contribution in [0.2, 0.25) is 5.02 Å². The number of anilines is 1. The van der Waals surface area contributed by atoms with Gasteiger partial charge < -0.3 is 14.5 Å². The van der Waals surface area contributed by atoms with Crippen LogP contribution in [-0.4, -0.2) is 31.4 Å². The van der Waals surface area contributed by atoms with Gasteiger partial charge in [-0.3, -0.25) is 9.36 Å². The molecule has 1 amide bonds. The third-order valence-corrected chi connectivity index (χ3v) is 6.12. The van der Waals surface area contributed by atoms with E-state index in [2.05, 4.69) is 27.1 Å². The largest absolute Gasteiger partial charge is 0.486 e. The molecule has 0 aliphatic rings. The zero-order valence-electron chi connectivity index (χ0n) is 16.7. The van der Waals surface area contributed by atoms with E-state index < -0.39 is 0 Å². The summed E-state index contributed by atoms with van der Waals surface area (Å²) in [6.45, 7) is 4.51. The predicted molar refractivity (Wildman–Crippen MR) is 125 cm³/mol. The zero-order valence-corrected chi connectivity index (χ0v) is 19.1. The maximum absolute atomic E-state index is 12.4. The van der Waals surface area contributed by atoms with Crippen molar-refractivity contribution in [3.63, 3.8) is 0 Å². The van der Waals surface area contributed by atoms with Gasteiger partial charge in [0.25, 0.3) is 0 Å². The third kappa shape index (κ3) is 5.58. The van der Waals surface area contributed by atoms with Crippen LogP contribution in [0.15, 0.2) is 70.3 Å². The highest BCUT2D eigenvalue weighted by atomic mass is 35.5. The summed E-state index contributed by atoms with van der Waals surface area (Å²) in [4.78, 5) is 16.8. The quantitative estimate of drug-likeness (QED) is 0.244. The fourth-order valence-corrected chi connectivity index (χ4v) is 4.29. The summed E-state index contributed by atoms with van der Waals surface area (Å²) in [5.41, 5.74) is 0.680. The van der Waals surface area contributed by atoms with Gasteiger partial charge in [0.1, 0.15) is 18.1 Å². The van der Waals surface area contributed by atoms with Gasteiger partial charge in [-0.15, -0.1) is 28.1 Å². The number of halogens is 1. The highest BCUT2D eigenvalue weighted by Gasteiger charge is 2.15. The van der Waals surface area contributed by atoms with E-state index >= 15 is 0 Å². The summed E-state index contributed by atoms with van der Waals surface area (Å²) < 4.78 is 12.9. The standard InChI is InChI=1S/C21H18ClN5O3S2/c1-2-9-27-18(11-30-15-7-5-14(22)6-8-15)25-26-21(27)32-13-19(28)24-20-23-16(12-31-20)17-4-3-10-29-17/h2-8,10,12H,1,9,11,13H2,(H,23,24,28). The SMILES string of the molecule is C=CCn1c(COc2ccc(Cl)cc2)nnc1SCC(=O)Nc1nc(-c2ccco2)cs1. The van der Waals surface area contributed by atoms with Crippen LogP contribution in [0.4, 0.5) is 5.13 Å². The second-order valence-corrected chi connectivity index (χ2v) is 8.63. The molecule has 0 spiro atoms. The van der Waals surface area contributed by atoms with Gasteiger partial charge in [0.05, 0.1) is 12.0 Å². The summed E-state index contributed by atoms with van der Waals surface area (Å²) in [7, 11) is 0. The Morgan fingerprint density at radius 2 is 2.16 bits per heavy atom. The molecule has 0 saturated heterocycles. The van der Waals surface area contributed by atoms with Crippen molar-refractivity contribution < 1.29 is 13.9 Å². The van der Waals surface area contributed by atoms with Crippen LogP contribution in [0.5, 0.6) is 5.75 Å². The first-order valence-electron chi connectivity index (χ1n) is 9.46. The Kier molecular flexibility index (Phi) is 7.25. The Balaban J connectivity index is 1.34. The number of rotatable bonds is 10. The number of nitrogens with one attached hydrogen (secondary N) is 1. The number of ether oxygens (including phenoxy) is 1. The van der Waals surface area contributed by atoms with E-state index in [4.69, 9.17) is 20.8 Å². The molecule has 0 unspecified atom stereocenters. The normalized spacial score (nSPS) is 10.8. The Labute approximate surface area is 197 Å². The minimum atomic E-state index is -0.192. The molecule has 32 heavy (non-hydrogen) atoms. The number of benzene rings is 1. The number of hydrogen-bond donors (Lipinski definition) is 1. The molecule has 11 heteroatoms. The molecular weight excluding hydrogens is 470 g/mol. The molecule has 0 aliphatic heterocycles. The first-order chi connectivity index (χ1) is 15.6. The highest BCUT2D eigenvalue weighted by molar-refractivity contribution is 7.99. The number of thiazole rings is 1. The van der Waals surface area contributed by atoms with Crippen molar-refractivity contribution in [3.8, 4) is 17.2 Å². The summed E-state index contributed by atoms with van der Waals surface area (Å²) in [6, 6.07) is 10.7. The van der Waals surface area contributed by atoms with Gasteiger partial charge in [-0.05, 0) is 36.4 Å². The number of hydrogen-bond acceptors (Lipinski definition) is 8. The molecule has 0 saturated carbocycles.